The van der Waals surface area contributed by atoms with Crippen LogP contribution < -0.4 is 4.74 Å². The van der Waals surface area contributed by atoms with Crippen LogP contribution in [0.1, 0.15) is 17.3 Å². The van der Waals surface area contributed by atoms with Gasteiger partial charge < -0.3 is 14.6 Å². The zero-order chi connectivity index (χ0) is 12.8. The third-order valence-corrected chi connectivity index (χ3v) is 2.06. The van der Waals surface area contributed by atoms with Gasteiger partial charge in [-0.2, -0.15) is 0 Å². The van der Waals surface area contributed by atoms with E-state index in [9.17, 15) is 9.59 Å². The Balaban J connectivity index is 2.77. The number of rotatable bonds is 5. The molecule has 0 aliphatic carbocycles. The molecule has 92 valence electrons. The summed E-state index contributed by atoms with van der Waals surface area (Å²) in [4.78, 5) is 21.9. The van der Waals surface area contributed by atoms with Crippen LogP contribution in [-0.2, 0) is 9.53 Å². The van der Waals surface area contributed by atoms with Gasteiger partial charge >= 0.3 is 11.9 Å². The van der Waals surface area contributed by atoms with E-state index in [0.717, 1.165) is 0 Å². The number of esters is 1. The van der Waals surface area contributed by atoms with Crippen molar-refractivity contribution >= 4 is 23.5 Å². The first-order valence-electron chi connectivity index (χ1n) is 4.86. The zero-order valence-corrected chi connectivity index (χ0v) is 9.86. The smallest absolute Gasteiger partial charge is 0.344 e. The number of halogens is 1. The second kappa shape index (κ2) is 6.10. The molecule has 0 saturated heterocycles. The first-order chi connectivity index (χ1) is 8.04. The molecule has 0 unspecified atom stereocenters. The summed E-state index contributed by atoms with van der Waals surface area (Å²) in [5.74, 6) is -1.65. The number of benzene rings is 1. The second-order valence-electron chi connectivity index (χ2n) is 3.04. The summed E-state index contributed by atoms with van der Waals surface area (Å²) in [6.07, 6.45) is 0. The number of carbonyl (C=O) groups excluding carboxylic acids is 1. The topological polar surface area (TPSA) is 72.8 Å². The highest BCUT2D eigenvalue weighted by Crippen LogP contribution is 2.22. The van der Waals surface area contributed by atoms with E-state index in [1.807, 2.05) is 0 Å². The average molecular weight is 259 g/mol. The van der Waals surface area contributed by atoms with Gasteiger partial charge in [-0.25, -0.2) is 9.59 Å². The van der Waals surface area contributed by atoms with Crippen LogP contribution in [0.5, 0.6) is 5.75 Å². The van der Waals surface area contributed by atoms with Gasteiger partial charge in [0.1, 0.15) is 11.3 Å². The minimum atomic E-state index is -1.17. The predicted octanol–water partition coefficient (Wildman–Crippen LogP) is 1.98. The Labute approximate surface area is 103 Å². The molecule has 0 fully saturated rings. The Morgan fingerprint density at radius 3 is 2.71 bits per heavy atom. The first-order valence-corrected chi connectivity index (χ1v) is 5.23. The van der Waals surface area contributed by atoms with Crippen LogP contribution >= 0.6 is 11.6 Å². The molecule has 0 amide bonds. The quantitative estimate of drug-likeness (QED) is 0.818. The molecule has 5 nitrogen and oxygen atoms in total. The molecule has 0 bridgehead atoms. The molecule has 0 radical (unpaired) electrons. The fourth-order valence-electron chi connectivity index (χ4n) is 1.13. The van der Waals surface area contributed by atoms with Crippen molar-refractivity contribution in [3.05, 3.63) is 28.8 Å². The van der Waals surface area contributed by atoms with Gasteiger partial charge in [0.25, 0.3) is 0 Å². The van der Waals surface area contributed by atoms with Crippen LogP contribution in [0.2, 0.25) is 5.02 Å². The van der Waals surface area contributed by atoms with Crippen molar-refractivity contribution in [2.45, 2.75) is 6.92 Å². The maximum atomic E-state index is 11.0. The highest BCUT2D eigenvalue weighted by molar-refractivity contribution is 6.31. The molecule has 1 rings (SSSR count). The van der Waals surface area contributed by atoms with Crippen molar-refractivity contribution in [3.63, 3.8) is 0 Å². The van der Waals surface area contributed by atoms with Crippen LogP contribution in [0, 0.1) is 0 Å². The number of hydrogen-bond donors (Lipinski definition) is 1. The summed E-state index contributed by atoms with van der Waals surface area (Å²) < 4.78 is 9.70. The predicted molar refractivity (Wildman–Crippen MR) is 60.5 cm³/mol. The monoisotopic (exact) mass is 258 g/mol. The van der Waals surface area contributed by atoms with Gasteiger partial charge in [0.05, 0.1) is 6.61 Å². The molecule has 0 spiro atoms. The molecule has 0 aromatic heterocycles. The Bertz CT molecular complexity index is 430. The molecule has 1 aromatic rings. The normalized spacial score (nSPS) is 9.76. The number of carbonyl (C=O) groups is 2. The minimum Gasteiger partial charge on any atom is -0.481 e. The van der Waals surface area contributed by atoms with Crippen LogP contribution in [0.25, 0.3) is 0 Å². The summed E-state index contributed by atoms with van der Waals surface area (Å²) in [5.41, 5.74) is -0.0956. The zero-order valence-electron chi connectivity index (χ0n) is 9.10. The fraction of sp³-hybridized carbons (Fsp3) is 0.273. The van der Waals surface area contributed by atoms with E-state index in [1.165, 1.54) is 18.2 Å². The van der Waals surface area contributed by atoms with Crippen LogP contribution in [0.15, 0.2) is 18.2 Å². The van der Waals surface area contributed by atoms with Crippen LogP contribution in [0.4, 0.5) is 0 Å². The lowest BCUT2D eigenvalue weighted by Gasteiger charge is -2.08. The Hall–Kier alpha value is -1.75. The molecule has 0 atom stereocenters. The van der Waals surface area contributed by atoms with Crippen molar-refractivity contribution < 1.29 is 24.2 Å². The molecule has 0 aliphatic rings. The summed E-state index contributed by atoms with van der Waals surface area (Å²) in [6.45, 7) is 1.58. The number of aromatic carboxylic acids is 1. The number of hydrogen-bond acceptors (Lipinski definition) is 4. The van der Waals surface area contributed by atoms with E-state index in [-0.39, 0.29) is 29.5 Å². The Morgan fingerprint density at radius 1 is 1.41 bits per heavy atom. The molecular weight excluding hydrogens is 248 g/mol. The van der Waals surface area contributed by atoms with E-state index in [2.05, 4.69) is 4.74 Å². The average Bonchev–Trinajstić information content (AvgIpc) is 2.27. The molecule has 17 heavy (non-hydrogen) atoms. The lowest BCUT2D eigenvalue weighted by molar-refractivity contribution is -0.145. The largest absolute Gasteiger partial charge is 0.481 e. The number of ether oxygens (including phenoxy) is 2. The van der Waals surface area contributed by atoms with Crippen molar-refractivity contribution in [2.24, 2.45) is 0 Å². The molecule has 0 heterocycles. The van der Waals surface area contributed by atoms with Gasteiger partial charge in [-0.3, -0.25) is 0 Å². The molecule has 6 heteroatoms. The standard InChI is InChI=1S/C11H11ClO5/c1-2-16-10(13)6-17-9-4-3-7(12)5-8(9)11(14)15/h3-5H,2,6H2,1H3,(H,14,15). The van der Waals surface area contributed by atoms with Crippen molar-refractivity contribution in [2.75, 3.05) is 13.2 Å². The van der Waals surface area contributed by atoms with Gasteiger partial charge in [0, 0.05) is 5.02 Å². The van der Waals surface area contributed by atoms with Crippen molar-refractivity contribution in [1.82, 2.24) is 0 Å². The SMILES string of the molecule is CCOC(=O)COc1ccc(Cl)cc1C(=O)O. The molecule has 1 N–H and O–H groups in total. The van der Waals surface area contributed by atoms with E-state index in [1.54, 1.807) is 6.92 Å². The van der Waals surface area contributed by atoms with E-state index in [0.29, 0.717) is 0 Å². The van der Waals surface area contributed by atoms with Gasteiger partial charge in [-0.1, -0.05) is 11.6 Å². The third-order valence-electron chi connectivity index (χ3n) is 1.82. The van der Waals surface area contributed by atoms with E-state index >= 15 is 0 Å². The lowest BCUT2D eigenvalue weighted by Crippen LogP contribution is -2.15. The summed E-state index contributed by atoms with van der Waals surface area (Å²) in [7, 11) is 0. The van der Waals surface area contributed by atoms with Crippen molar-refractivity contribution in [1.29, 1.82) is 0 Å². The van der Waals surface area contributed by atoms with Gasteiger partial charge in [0.2, 0.25) is 0 Å². The molecular formula is C11H11ClO5. The molecule has 0 aliphatic heterocycles. The van der Waals surface area contributed by atoms with Gasteiger partial charge in [-0.15, -0.1) is 0 Å². The van der Waals surface area contributed by atoms with Gasteiger partial charge in [-0.05, 0) is 25.1 Å². The first kappa shape index (κ1) is 13.3. The van der Waals surface area contributed by atoms with Gasteiger partial charge in [0.15, 0.2) is 6.61 Å². The fourth-order valence-corrected chi connectivity index (χ4v) is 1.31. The van der Waals surface area contributed by atoms with Crippen molar-refractivity contribution in [3.8, 4) is 5.75 Å². The maximum Gasteiger partial charge on any atom is 0.344 e. The highest BCUT2D eigenvalue weighted by Gasteiger charge is 2.13. The Morgan fingerprint density at radius 2 is 2.12 bits per heavy atom. The Kier molecular flexibility index (Phi) is 4.78. The molecule has 1 aromatic carbocycles. The third kappa shape index (κ3) is 3.96. The highest BCUT2D eigenvalue weighted by atomic mass is 35.5. The summed E-state index contributed by atoms with van der Waals surface area (Å²) in [5, 5.41) is 9.19. The van der Waals surface area contributed by atoms with Crippen LogP contribution in [-0.4, -0.2) is 30.3 Å². The number of carboxylic acid groups (broad SMARTS) is 1. The minimum absolute atomic E-state index is 0.0787. The summed E-state index contributed by atoms with van der Waals surface area (Å²) >= 11 is 5.66. The lowest BCUT2D eigenvalue weighted by atomic mass is 10.2. The van der Waals surface area contributed by atoms with E-state index in [4.69, 9.17) is 21.4 Å². The molecule has 0 saturated carbocycles. The van der Waals surface area contributed by atoms with Crippen LogP contribution in [0.3, 0.4) is 0 Å². The summed E-state index contributed by atoms with van der Waals surface area (Å²) in [6, 6.07) is 4.13. The maximum absolute atomic E-state index is 11.0. The number of carboxylic acids is 1. The van der Waals surface area contributed by atoms with E-state index < -0.39 is 11.9 Å². The second-order valence-corrected chi connectivity index (χ2v) is 3.48.